The molecule has 0 radical (unpaired) electrons. The normalized spacial score (nSPS) is 21.5. The Balaban J connectivity index is 1.86. The topological polar surface area (TPSA) is 70.3 Å². The monoisotopic (exact) mass is 367 g/mol. The fraction of sp³-hybridized carbons (Fsp3) is 0.529. The summed E-state index contributed by atoms with van der Waals surface area (Å²) in [6.45, 7) is 0.413. The van der Waals surface area contributed by atoms with Gasteiger partial charge in [-0.15, -0.1) is 0 Å². The van der Waals surface area contributed by atoms with E-state index in [0.717, 1.165) is 35.1 Å². The highest BCUT2D eigenvalue weighted by atomic mass is 35.5. The van der Waals surface area contributed by atoms with Gasteiger partial charge in [-0.25, -0.2) is 9.97 Å². The minimum Gasteiger partial charge on any atom is -0.474 e. The third-order valence-corrected chi connectivity index (χ3v) is 5.36. The molecule has 1 saturated carbocycles. The fourth-order valence-corrected chi connectivity index (χ4v) is 3.97. The third kappa shape index (κ3) is 3.77. The number of nitrogens with zero attached hydrogens (tertiary/aromatic N) is 2. The Morgan fingerprint density at radius 2 is 2.12 bits per heavy atom. The Kier molecular flexibility index (Phi) is 5.81. The molecule has 0 spiro atoms. The number of halogens is 1. The number of ether oxygens (including phenoxy) is 2. The lowest BCUT2D eigenvalue weighted by molar-refractivity contribution is 0.0732. The standard InChI is InChI=1S/C17H22ClN3O2S/c1-22-8-15(19)13-6-21-17(14-7-20-16(18)5-12(13)14)23-11-3-10(4-11)9-24-2/h5-7,10-11,15H,3-4,8-9,19H2,1-2H3. The molecule has 2 aromatic rings. The van der Waals surface area contributed by atoms with Crippen LogP contribution in [0.25, 0.3) is 10.8 Å². The van der Waals surface area contributed by atoms with Crippen molar-refractivity contribution in [1.29, 1.82) is 0 Å². The summed E-state index contributed by atoms with van der Waals surface area (Å²) in [7, 11) is 1.63. The summed E-state index contributed by atoms with van der Waals surface area (Å²) >= 11 is 7.96. The number of thioether (sulfide) groups is 1. The molecular formula is C17H22ClN3O2S. The Hall–Kier alpha value is -1.08. The maximum Gasteiger partial charge on any atom is 0.223 e. The molecule has 1 aliphatic rings. The number of fused-ring (bicyclic) bond motifs is 1. The molecule has 0 bridgehead atoms. The van der Waals surface area contributed by atoms with Gasteiger partial charge in [-0.1, -0.05) is 11.6 Å². The van der Waals surface area contributed by atoms with E-state index in [-0.39, 0.29) is 12.1 Å². The van der Waals surface area contributed by atoms with Crippen LogP contribution in [0.2, 0.25) is 5.15 Å². The minimum absolute atomic E-state index is 0.229. The number of rotatable bonds is 7. The first-order valence-corrected chi connectivity index (χ1v) is 9.73. The van der Waals surface area contributed by atoms with Gasteiger partial charge in [-0.3, -0.25) is 0 Å². The summed E-state index contributed by atoms with van der Waals surface area (Å²) in [6, 6.07) is 1.54. The van der Waals surface area contributed by atoms with Gasteiger partial charge in [-0.05, 0) is 47.8 Å². The van der Waals surface area contributed by atoms with E-state index in [0.29, 0.717) is 17.6 Å². The molecule has 1 aliphatic carbocycles. The number of hydrogen-bond donors (Lipinski definition) is 1. The van der Waals surface area contributed by atoms with Crippen LogP contribution >= 0.6 is 23.4 Å². The lowest BCUT2D eigenvalue weighted by Crippen LogP contribution is -2.35. The summed E-state index contributed by atoms with van der Waals surface area (Å²) in [5.74, 6) is 2.55. The summed E-state index contributed by atoms with van der Waals surface area (Å²) < 4.78 is 11.3. The summed E-state index contributed by atoms with van der Waals surface area (Å²) in [6.07, 6.45) is 8.00. The highest BCUT2D eigenvalue weighted by molar-refractivity contribution is 7.98. The molecule has 2 heterocycles. The first-order valence-electron chi connectivity index (χ1n) is 7.96. The quantitative estimate of drug-likeness (QED) is 0.756. The van der Waals surface area contributed by atoms with E-state index in [1.54, 1.807) is 19.5 Å². The molecule has 0 amide bonds. The largest absolute Gasteiger partial charge is 0.474 e. The van der Waals surface area contributed by atoms with Crippen molar-refractivity contribution in [1.82, 2.24) is 9.97 Å². The van der Waals surface area contributed by atoms with Gasteiger partial charge in [-0.2, -0.15) is 11.8 Å². The molecule has 24 heavy (non-hydrogen) atoms. The van der Waals surface area contributed by atoms with Crippen LogP contribution in [0.1, 0.15) is 24.4 Å². The molecule has 1 atom stereocenters. The van der Waals surface area contributed by atoms with Gasteiger partial charge in [0.1, 0.15) is 11.3 Å². The first kappa shape index (κ1) is 17.7. The number of pyridine rings is 2. The van der Waals surface area contributed by atoms with Crippen molar-refractivity contribution >= 4 is 34.1 Å². The van der Waals surface area contributed by atoms with Crippen LogP contribution < -0.4 is 10.5 Å². The average Bonchev–Trinajstić information content (AvgIpc) is 2.52. The molecule has 3 rings (SSSR count). The van der Waals surface area contributed by atoms with Gasteiger partial charge in [0.15, 0.2) is 0 Å². The second kappa shape index (κ2) is 7.87. The maximum absolute atomic E-state index is 6.19. The highest BCUT2D eigenvalue weighted by Gasteiger charge is 2.31. The zero-order valence-corrected chi connectivity index (χ0v) is 15.4. The number of aromatic nitrogens is 2. The molecule has 1 unspecified atom stereocenters. The van der Waals surface area contributed by atoms with Gasteiger partial charge < -0.3 is 15.2 Å². The molecule has 2 aromatic heterocycles. The van der Waals surface area contributed by atoms with Crippen LogP contribution in [0.3, 0.4) is 0 Å². The SMILES string of the molecule is COCC(N)c1cnc(OC2CC(CSC)C2)c2cnc(Cl)cc12. The molecule has 130 valence electrons. The summed E-state index contributed by atoms with van der Waals surface area (Å²) in [4.78, 5) is 8.67. The predicted octanol–water partition coefficient (Wildman–Crippen LogP) is 3.45. The van der Waals surface area contributed by atoms with Gasteiger partial charge >= 0.3 is 0 Å². The smallest absolute Gasteiger partial charge is 0.223 e. The van der Waals surface area contributed by atoms with E-state index in [9.17, 15) is 0 Å². The van der Waals surface area contributed by atoms with Crippen LogP contribution in [-0.4, -0.2) is 41.8 Å². The second-order valence-corrected chi connectivity index (χ2v) is 7.46. The van der Waals surface area contributed by atoms with E-state index in [2.05, 4.69) is 16.2 Å². The number of nitrogens with two attached hydrogens (primary N) is 1. The molecule has 0 aromatic carbocycles. The van der Waals surface area contributed by atoms with E-state index in [1.165, 1.54) is 5.75 Å². The number of hydrogen-bond acceptors (Lipinski definition) is 6. The van der Waals surface area contributed by atoms with E-state index >= 15 is 0 Å². The van der Waals surface area contributed by atoms with Crippen LogP contribution in [0, 0.1) is 5.92 Å². The van der Waals surface area contributed by atoms with Crippen molar-refractivity contribution in [3.63, 3.8) is 0 Å². The van der Waals surface area contributed by atoms with Crippen LogP contribution in [0.4, 0.5) is 0 Å². The van der Waals surface area contributed by atoms with Crippen molar-refractivity contribution in [2.24, 2.45) is 11.7 Å². The predicted molar refractivity (Wildman–Crippen MR) is 98.9 cm³/mol. The molecule has 2 N–H and O–H groups in total. The first-order chi connectivity index (χ1) is 11.6. The maximum atomic E-state index is 6.19. The lowest BCUT2D eigenvalue weighted by Gasteiger charge is -2.34. The average molecular weight is 368 g/mol. The second-order valence-electron chi connectivity index (χ2n) is 6.17. The summed E-state index contributed by atoms with van der Waals surface area (Å²) in [5, 5.41) is 2.19. The van der Waals surface area contributed by atoms with E-state index < -0.39 is 0 Å². The fourth-order valence-electron chi connectivity index (χ4n) is 3.07. The zero-order chi connectivity index (χ0) is 17.1. The van der Waals surface area contributed by atoms with Crippen molar-refractivity contribution in [3.05, 3.63) is 29.2 Å². The Morgan fingerprint density at radius 3 is 2.83 bits per heavy atom. The Bertz CT molecular complexity index is 710. The van der Waals surface area contributed by atoms with Gasteiger partial charge in [0.25, 0.3) is 0 Å². The van der Waals surface area contributed by atoms with Crippen molar-refractivity contribution < 1.29 is 9.47 Å². The zero-order valence-electron chi connectivity index (χ0n) is 13.9. The van der Waals surface area contributed by atoms with Crippen LogP contribution in [-0.2, 0) is 4.74 Å². The van der Waals surface area contributed by atoms with Crippen molar-refractivity contribution in [2.45, 2.75) is 25.0 Å². The van der Waals surface area contributed by atoms with Gasteiger partial charge in [0.2, 0.25) is 5.88 Å². The van der Waals surface area contributed by atoms with Crippen LogP contribution in [0.5, 0.6) is 5.88 Å². The Morgan fingerprint density at radius 1 is 1.33 bits per heavy atom. The van der Waals surface area contributed by atoms with Gasteiger partial charge in [0, 0.05) is 19.5 Å². The third-order valence-electron chi connectivity index (χ3n) is 4.35. The molecule has 7 heteroatoms. The van der Waals surface area contributed by atoms with Gasteiger partial charge in [0.05, 0.1) is 18.0 Å². The molecule has 1 fully saturated rings. The Labute approximate surface area is 151 Å². The van der Waals surface area contributed by atoms with E-state index in [4.69, 9.17) is 26.8 Å². The molecule has 5 nitrogen and oxygen atoms in total. The van der Waals surface area contributed by atoms with Crippen molar-refractivity contribution in [2.75, 3.05) is 25.7 Å². The number of methoxy groups -OCH3 is 1. The lowest BCUT2D eigenvalue weighted by atomic mass is 9.84. The minimum atomic E-state index is -0.271. The van der Waals surface area contributed by atoms with Crippen molar-refractivity contribution in [3.8, 4) is 5.88 Å². The highest BCUT2D eigenvalue weighted by Crippen LogP contribution is 2.36. The molecule has 0 aliphatic heterocycles. The molecule has 0 saturated heterocycles. The van der Waals surface area contributed by atoms with E-state index in [1.807, 2.05) is 17.8 Å². The summed E-state index contributed by atoms with van der Waals surface area (Å²) in [5.41, 5.74) is 7.08. The van der Waals surface area contributed by atoms with Crippen LogP contribution in [0.15, 0.2) is 18.5 Å². The molecular weight excluding hydrogens is 346 g/mol.